The van der Waals surface area contributed by atoms with Crippen LogP contribution in [0.1, 0.15) is 0 Å². The van der Waals surface area contributed by atoms with Crippen molar-refractivity contribution in [3.05, 3.63) is 194 Å². The lowest BCUT2D eigenvalue weighted by Crippen LogP contribution is -2.02. The molecule has 262 valence electrons. The van der Waals surface area contributed by atoms with Gasteiger partial charge in [0.05, 0.1) is 11.0 Å². The van der Waals surface area contributed by atoms with Crippen molar-refractivity contribution < 1.29 is 4.42 Å². The number of nitrogens with zero attached hydrogens (tertiary/aromatic N) is 4. The number of aromatic nitrogens is 4. The van der Waals surface area contributed by atoms with E-state index in [0.717, 1.165) is 77.2 Å². The average Bonchev–Trinajstić information content (AvgIpc) is 3.82. The SMILES string of the molecule is c1ccc(-c2cccc(-c3ccc4oc5ccc(-n6c7ccccc7c7cccc(-c8nc(-c9ccccc9)nc(-c9ccccc9)n8)c76)cc5c4c3)c2)cc1. The maximum Gasteiger partial charge on any atom is 0.166 e. The van der Waals surface area contributed by atoms with E-state index in [1.54, 1.807) is 0 Å². The van der Waals surface area contributed by atoms with Gasteiger partial charge >= 0.3 is 0 Å². The fourth-order valence-electron chi connectivity index (χ4n) is 7.99. The summed E-state index contributed by atoms with van der Waals surface area (Å²) in [4.78, 5) is 15.3. The molecule has 8 aromatic carbocycles. The van der Waals surface area contributed by atoms with Crippen molar-refractivity contribution in [2.75, 3.05) is 0 Å². The standard InChI is InChI=1S/C51H32N4O/c1-4-14-33(15-5-1)36-20-12-21-37(30-36)38-26-28-46-43(31-38)44-32-39(27-29-47(44)56-46)55-45-25-11-10-22-40(45)41-23-13-24-42(48(41)55)51-53-49(34-16-6-2-7-17-34)52-50(54-51)35-18-8-3-9-19-35/h1-32H. The first-order valence-corrected chi connectivity index (χ1v) is 18.8. The third-order valence-electron chi connectivity index (χ3n) is 10.6. The van der Waals surface area contributed by atoms with Crippen molar-refractivity contribution >= 4 is 43.7 Å². The van der Waals surface area contributed by atoms with E-state index in [-0.39, 0.29) is 0 Å². The largest absolute Gasteiger partial charge is 0.456 e. The van der Waals surface area contributed by atoms with Crippen LogP contribution in [0.15, 0.2) is 199 Å². The van der Waals surface area contributed by atoms with Gasteiger partial charge in [-0.25, -0.2) is 15.0 Å². The molecule has 11 aromatic rings. The zero-order valence-electron chi connectivity index (χ0n) is 30.2. The Balaban J connectivity index is 1.12. The lowest BCUT2D eigenvalue weighted by atomic mass is 9.98. The summed E-state index contributed by atoms with van der Waals surface area (Å²) in [6, 6.07) is 67.5. The molecule has 0 aliphatic heterocycles. The second kappa shape index (κ2) is 13.0. The number of fused-ring (bicyclic) bond motifs is 6. The normalized spacial score (nSPS) is 11.6. The predicted molar refractivity (Wildman–Crippen MR) is 229 cm³/mol. The Kier molecular flexibility index (Phi) is 7.42. The molecule has 0 radical (unpaired) electrons. The topological polar surface area (TPSA) is 56.7 Å². The van der Waals surface area contributed by atoms with E-state index in [9.17, 15) is 0 Å². The van der Waals surface area contributed by atoms with Gasteiger partial charge in [-0.1, -0.05) is 146 Å². The number of hydrogen-bond acceptors (Lipinski definition) is 4. The van der Waals surface area contributed by atoms with Crippen LogP contribution in [0.5, 0.6) is 0 Å². The van der Waals surface area contributed by atoms with Gasteiger partial charge < -0.3 is 8.98 Å². The molecule has 5 heteroatoms. The number of rotatable bonds is 6. The first-order valence-electron chi connectivity index (χ1n) is 18.8. The van der Waals surface area contributed by atoms with Crippen molar-refractivity contribution in [1.82, 2.24) is 19.5 Å². The molecule has 0 spiro atoms. The monoisotopic (exact) mass is 716 g/mol. The molecule has 0 aliphatic carbocycles. The minimum Gasteiger partial charge on any atom is -0.456 e. The van der Waals surface area contributed by atoms with Crippen LogP contribution >= 0.6 is 0 Å². The highest BCUT2D eigenvalue weighted by Gasteiger charge is 2.21. The number of hydrogen-bond donors (Lipinski definition) is 0. The van der Waals surface area contributed by atoms with Gasteiger partial charge in [-0.05, 0) is 70.8 Å². The summed E-state index contributed by atoms with van der Waals surface area (Å²) in [7, 11) is 0. The van der Waals surface area contributed by atoms with Crippen LogP contribution in [0.3, 0.4) is 0 Å². The van der Waals surface area contributed by atoms with Gasteiger partial charge in [0, 0.05) is 43.9 Å². The molecule has 0 unspecified atom stereocenters. The maximum atomic E-state index is 6.45. The van der Waals surface area contributed by atoms with E-state index < -0.39 is 0 Å². The fourth-order valence-corrected chi connectivity index (χ4v) is 7.99. The van der Waals surface area contributed by atoms with Crippen LogP contribution in [0.2, 0.25) is 0 Å². The molecule has 11 rings (SSSR count). The zero-order valence-corrected chi connectivity index (χ0v) is 30.2. The van der Waals surface area contributed by atoms with Crippen molar-refractivity contribution in [2.45, 2.75) is 0 Å². The highest BCUT2D eigenvalue weighted by atomic mass is 16.3. The summed E-state index contributed by atoms with van der Waals surface area (Å²) in [5.74, 6) is 1.88. The number of furan rings is 1. The minimum atomic E-state index is 0.615. The van der Waals surface area contributed by atoms with Gasteiger partial charge in [-0.2, -0.15) is 0 Å². The van der Waals surface area contributed by atoms with E-state index >= 15 is 0 Å². The molecule has 3 heterocycles. The Labute approximate surface area is 322 Å². The Morgan fingerprint density at radius 3 is 1.57 bits per heavy atom. The summed E-state index contributed by atoms with van der Waals surface area (Å²) < 4.78 is 8.80. The lowest BCUT2D eigenvalue weighted by Gasteiger charge is -2.13. The third-order valence-corrected chi connectivity index (χ3v) is 10.6. The Hall–Kier alpha value is -7.63. The first kappa shape index (κ1) is 31.9. The van der Waals surface area contributed by atoms with Crippen LogP contribution in [-0.2, 0) is 0 Å². The zero-order chi connectivity index (χ0) is 37.0. The van der Waals surface area contributed by atoms with E-state index in [0.29, 0.717) is 17.5 Å². The van der Waals surface area contributed by atoms with E-state index in [2.05, 4.69) is 138 Å². The van der Waals surface area contributed by atoms with Gasteiger partial charge in [0.2, 0.25) is 0 Å². The second-order valence-electron chi connectivity index (χ2n) is 14.0. The number of benzene rings is 8. The summed E-state index contributed by atoms with van der Waals surface area (Å²) in [6.07, 6.45) is 0. The van der Waals surface area contributed by atoms with Gasteiger partial charge in [0.15, 0.2) is 17.5 Å². The summed E-state index contributed by atoms with van der Waals surface area (Å²) in [6.45, 7) is 0. The van der Waals surface area contributed by atoms with E-state index in [1.165, 1.54) is 11.1 Å². The molecule has 0 atom stereocenters. The fraction of sp³-hybridized carbons (Fsp3) is 0. The molecule has 56 heavy (non-hydrogen) atoms. The molecule has 0 fully saturated rings. The van der Waals surface area contributed by atoms with Crippen molar-refractivity contribution in [1.29, 1.82) is 0 Å². The molecule has 0 bridgehead atoms. The van der Waals surface area contributed by atoms with Gasteiger partial charge in [0.1, 0.15) is 11.2 Å². The van der Waals surface area contributed by atoms with Crippen molar-refractivity contribution in [2.24, 2.45) is 0 Å². The smallest absolute Gasteiger partial charge is 0.166 e. The van der Waals surface area contributed by atoms with E-state index in [1.807, 2.05) is 60.7 Å². The maximum absolute atomic E-state index is 6.45. The summed E-state index contributed by atoms with van der Waals surface area (Å²) in [5, 5.41) is 4.41. The Morgan fingerprint density at radius 1 is 0.339 bits per heavy atom. The van der Waals surface area contributed by atoms with Crippen LogP contribution in [0, 0.1) is 0 Å². The third kappa shape index (κ3) is 5.37. The van der Waals surface area contributed by atoms with E-state index in [4.69, 9.17) is 19.4 Å². The van der Waals surface area contributed by atoms with Crippen molar-refractivity contribution in [3.63, 3.8) is 0 Å². The molecule has 0 amide bonds. The lowest BCUT2D eigenvalue weighted by molar-refractivity contribution is 0.669. The molecule has 5 nitrogen and oxygen atoms in total. The molecular weight excluding hydrogens is 685 g/mol. The summed E-state index contributed by atoms with van der Waals surface area (Å²) in [5.41, 5.74) is 12.3. The highest BCUT2D eigenvalue weighted by Crippen LogP contribution is 2.40. The Bertz CT molecular complexity index is 3180. The number of para-hydroxylation sites is 2. The average molecular weight is 717 g/mol. The van der Waals surface area contributed by atoms with Crippen LogP contribution in [0.4, 0.5) is 0 Å². The molecule has 3 aromatic heterocycles. The van der Waals surface area contributed by atoms with Gasteiger partial charge in [-0.15, -0.1) is 0 Å². The predicted octanol–water partition coefficient (Wildman–Crippen LogP) is 13.2. The van der Waals surface area contributed by atoms with Gasteiger partial charge in [0.25, 0.3) is 0 Å². The molecular formula is C51H32N4O. The molecule has 0 saturated heterocycles. The quantitative estimate of drug-likeness (QED) is 0.172. The minimum absolute atomic E-state index is 0.615. The summed E-state index contributed by atoms with van der Waals surface area (Å²) >= 11 is 0. The molecule has 0 N–H and O–H groups in total. The highest BCUT2D eigenvalue weighted by molar-refractivity contribution is 6.14. The van der Waals surface area contributed by atoms with Crippen LogP contribution < -0.4 is 0 Å². The molecule has 0 aliphatic rings. The first-order chi connectivity index (χ1) is 27.7. The second-order valence-corrected chi connectivity index (χ2v) is 14.0. The van der Waals surface area contributed by atoms with Crippen molar-refractivity contribution in [3.8, 4) is 62.1 Å². The Morgan fingerprint density at radius 2 is 0.857 bits per heavy atom. The molecule has 0 saturated carbocycles. The van der Waals surface area contributed by atoms with Gasteiger partial charge in [-0.3, -0.25) is 0 Å². The van der Waals surface area contributed by atoms with Crippen LogP contribution in [-0.4, -0.2) is 19.5 Å². The van der Waals surface area contributed by atoms with Crippen LogP contribution in [0.25, 0.3) is 106 Å².